The first-order valence-electron chi connectivity index (χ1n) is 7.18. The first-order valence-corrected chi connectivity index (χ1v) is 7.55. The fourth-order valence-electron chi connectivity index (χ4n) is 2.57. The van der Waals surface area contributed by atoms with E-state index in [2.05, 4.69) is 10.2 Å². The second-order valence-electron chi connectivity index (χ2n) is 5.27. The van der Waals surface area contributed by atoms with Crippen LogP contribution >= 0.6 is 11.6 Å². The van der Waals surface area contributed by atoms with Crippen LogP contribution in [0.2, 0.25) is 5.02 Å². The fourth-order valence-corrected chi connectivity index (χ4v) is 2.74. The van der Waals surface area contributed by atoms with Crippen molar-refractivity contribution in [3.8, 4) is 11.4 Å². The lowest BCUT2D eigenvalue weighted by atomic mass is 9.99. The molecule has 6 heteroatoms. The molecule has 1 aliphatic heterocycles. The van der Waals surface area contributed by atoms with Gasteiger partial charge in [-0.1, -0.05) is 29.8 Å². The van der Waals surface area contributed by atoms with Crippen LogP contribution in [0.1, 0.15) is 28.6 Å². The monoisotopic (exact) mass is 325 g/mol. The lowest BCUT2D eigenvalue weighted by molar-refractivity contribution is 0.0844. The van der Waals surface area contributed by atoms with Crippen LogP contribution in [-0.2, 0) is 0 Å². The van der Waals surface area contributed by atoms with Gasteiger partial charge in [-0.25, -0.2) is 0 Å². The Kier molecular flexibility index (Phi) is 3.35. The number of carbonyl (C=O) groups is 1. The second-order valence-corrected chi connectivity index (χ2v) is 5.71. The molecule has 1 unspecified atom stereocenters. The predicted octanol–water partition coefficient (Wildman–Crippen LogP) is 3.63. The Labute approximate surface area is 137 Å². The number of nitrogens with zero attached hydrogens (tertiary/aromatic N) is 3. The number of benzene rings is 2. The molecule has 0 saturated heterocycles. The number of fused-ring (bicyclic) bond motifs is 1. The van der Waals surface area contributed by atoms with Gasteiger partial charge in [-0.05, 0) is 30.3 Å². The lowest BCUT2D eigenvalue weighted by Gasteiger charge is -2.23. The van der Waals surface area contributed by atoms with E-state index in [1.807, 2.05) is 30.3 Å². The van der Waals surface area contributed by atoms with E-state index in [1.54, 1.807) is 24.4 Å². The Morgan fingerprint density at radius 1 is 1.17 bits per heavy atom. The number of ketones is 1. The highest BCUT2D eigenvalue weighted by atomic mass is 35.5. The summed E-state index contributed by atoms with van der Waals surface area (Å²) in [6.45, 7) is 0. The van der Waals surface area contributed by atoms with Crippen molar-refractivity contribution in [3.05, 3.63) is 71.0 Å². The molecule has 2 heterocycles. The smallest absolute Gasteiger partial charge is 0.170 e. The zero-order valence-electron chi connectivity index (χ0n) is 12.0. The van der Waals surface area contributed by atoms with Gasteiger partial charge in [0.15, 0.2) is 11.9 Å². The molecule has 0 amide bonds. The zero-order chi connectivity index (χ0) is 15.8. The number of para-hydroxylation sites is 1. The summed E-state index contributed by atoms with van der Waals surface area (Å²) >= 11 is 5.93. The normalized spacial score (nSPS) is 16.7. The van der Waals surface area contributed by atoms with Gasteiger partial charge < -0.3 is 4.74 Å². The highest BCUT2D eigenvalue weighted by molar-refractivity contribution is 6.31. The van der Waals surface area contributed by atoms with Crippen molar-refractivity contribution in [3.63, 3.8) is 0 Å². The lowest BCUT2D eigenvalue weighted by Crippen LogP contribution is -2.20. The van der Waals surface area contributed by atoms with E-state index in [1.165, 1.54) is 4.80 Å². The molecule has 1 aliphatic rings. The minimum atomic E-state index is -0.436. The summed E-state index contributed by atoms with van der Waals surface area (Å²) in [4.78, 5) is 13.8. The number of rotatable bonds is 2. The molecule has 0 saturated carbocycles. The van der Waals surface area contributed by atoms with Gasteiger partial charge in [0.05, 0.1) is 23.9 Å². The summed E-state index contributed by atoms with van der Waals surface area (Å²) in [6, 6.07) is 14.6. The molecule has 1 aromatic heterocycles. The summed E-state index contributed by atoms with van der Waals surface area (Å²) in [6.07, 6.45) is 1.42. The average Bonchev–Trinajstić information content (AvgIpc) is 3.06. The maximum Gasteiger partial charge on any atom is 0.170 e. The molecule has 0 N–H and O–H groups in total. The first kappa shape index (κ1) is 14.0. The van der Waals surface area contributed by atoms with Crippen molar-refractivity contribution in [1.29, 1.82) is 0 Å². The maximum atomic E-state index is 12.3. The number of aromatic nitrogens is 3. The number of carbonyl (C=O) groups excluding carboxylic acids is 1. The van der Waals surface area contributed by atoms with Crippen molar-refractivity contribution in [2.75, 3.05) is 0 Å². The molecular formula is C17H12ClN3O2. The van der Waals surface area contributed by atoms with Crippen LogP contribution in [0.25, 0.3) is 5.69 Å². The standard InChI is InChI=1S/C17H12ClN3O2/c18-11-6-7-16-13(8-11)15(22)9-17(23-16)14-10-19-21(20-14)12-4-2-1-3-5-12/h1-8,10,17H,9H2. The summed E-state index contributed by atoms with van der Waals surface area (Å²) in [5.41, 5.74) is 2.00. The van der Waals surface area contributed by atoms with E-state index in [-0.39, 0.29) is 12.2 Å². The van der Waals surface area contributed by atoms with Crippen molar-refractivity contribution in [2.24, 2.45) is 0 Å². The Morgan fingerprint density at radius 3 is 2.83 bits per heavy atom. The van der Waals surface area contributed by atoms with Crippen LogP contribution in [0.15, 0.2) is 54.7 Å². The molecule has 4 rings (SSSR count). The summed E-state index contributed by atoms with van der Waals surface area (Å²) in [5.74, 6) is 0.526. The fraction of sp³-hybridized carbons (Fsp3) is 0.118. The molecule has 2 aromatic carbocycles. The minimum Gasteiger partial charge on any atom is -0.483 e. The van der Waals surface area contributed by atoms with Crippen LogP contribution < -0.4 is 4.74 Å². The SMILES string of the molecule is O=C1CC(c2cnn(-c3ccccc3)n2)Oc2ccc(Cl)cc21. The number of Topliss-reactive ketones (excluding diaryl/α,β-unsaturated/α-hetero) is 1. The molecule has 1 atom stereocenters. The number of halogens is 1. The Hall–Kier alpha value is -2.66. The quantitative estimate of drug-likeness (QED) is 0.722. The van der Waals surface area contributed by atoms with E-state index >= 15 is 0 Å². The van der Waals surface area contributed by atoms with Crippen LogP contribution in [0, 0.1) is 0 Å². The minimum absolute atomic E-state index is 0.00647. The van der Waals surface area contributed by atoms with E-state index in [4.69, 9.17) is 16.3 Å². The van der Waals surface area contributed by atoms with Crippen molar-refractivity contribution in [2.45, 2.75) is 12.5 Å². The molecule has 0 fully saturated rings. The third kappa shape index (κ3) is 2.59. The van der Waals surface area contributed by atoms with Crippen molar-refractivity contribution < 1.29 is 9.53 Å². The van der Waals surface area contributed by atoms with Crippen LogP contribution in [0.3, 0.4) is 0 Å². The summed E-state index contributed by atoms with van der Waals surface area (Å²) in [5, 5.41) is 9.20. The molecule has 3 aromatic rings. The molecule has 0 bridgehead atoms. The van der Waals surface area contributed by atoms with E-state index < -0.39 is 6.10 Å². The zero-order valence-corrected chi connectivity index (χ0v) is 12.8. The molecule has 0 spiro atoms. The molecule has 114 valence electrons. The maximum absolute atomic E-state index is 12.3. The molecular weight excluding hydrogens is 314 g/mol. The molecule has 5 nitrogen and oxygen atoms in total. The van der Waals surface area contributed by atoms with Crippen molar-refractivity contribution >= 4 is 17.4 Å². The van der Waals surface area contributed by atoms with Gasteiger partial charge in [-0.3, -0.25) is 4.79 Å². The third-order valence-corrected chi connectivity index (χ3v) is 3.94. The topological polar surface area (TPSA) is 57.0 Å². The molecule has 0 radical (unpaired) electrons. The number of hydrogen-bond donors (Lipinski definition) is 0. The van der Waals surface area contributed by atoms with Crippen molar-refractivity contribution in [1.82, 2.24) is 15.0 Å². The van der Waals surface area contributed by atoms with Gasteiger partial charge in [0.25, 0.3) is 0 Å². The Morgan fingerprint density at radius 2 is 2.00 bits per heavy atom. The van der Waals surface area contributed by atoms with Crippen LogP contribution in [0.4, 0.5) is 0 Å². The van der Waals surface area contributed by atoms with E-state index in [9.17, 15) is 4.79 Å². The Bertz CT molecular complexity index is 877. The number of ether oxygens (including phenoxy) is 1. The average molecular weight is 326 g/mol. The Balaban J connectivity index is 1.64. The summed E-state index contributed by atoms with van der Waals surface area (Å²) < 4.78 is 5.90. The second kappa shape index (κ2) is 5.52. The third-order valence-electron chi connectivity index (χ3n) is 3.71. The van der Waals surface area contributed by atoms with Crippen LogP contribution in [0.5, 0.6) is 5.75 Å². The van der Waals surface area contributed by atoms with Gasteiger partial charge in [-0.2, -0.15) is 9.90 Å². The molecule has 0 aliphatic carbocycles. The van der Waals surface area contributed by atoms with Gasteiger partial charge in [-0.15, -0.1) is 5.10 Å². The molecule has 23 heavy (non-hydrogen) atoms. The first-order chi connectivity index (χ1) is 11.2. The van der Waals surface area contributed by atoms with E-state index in [0.29, 0.717) is 22.0 Å². The highest BCUT2D eigenvalue weighted by Crippen LogP contribution is 2.35. The van der Waals surface area contributed by atoms with Gasteiger partial charge in [0.2, 0.25) is 0 Å². The van der Waals surface area contributed by atoms with Gasteiger partial charge in [0, 0.05) is 5.02 Å². The van der Waals surface area contributed by atoms with Gasteiger partial charge >= 0.3 is 0 Å². The highest BCUT2D eigenvalue weighted by Gasteiger charge is 2.29. The van der Waals surface area contributed by atoms with Gasteiger partial charge in [0.1, 0.15) is 11.4 Å². The predicted molar refractivity (Wildman–Crippen MR) is 85.1 cm³/mol. The largest absolute Gasteiger partial charge is 0.483 e. The summed E-state index contributed by atoms with van der Waals surface area (Å²) in [7, 11) is 0. The van der Waals surface area contributed by atoms with Crippen LogP contribution in [-0.4, -0.2) is 20.8 Å². The number of hydrogen-bond acceptors (Lipinski definition) is 4. The van der Waals surface area contributed by atoms with E-state index in [0.717, 1.165) is 5.69 Å².